The van der Waals surface area contributed by atoms with Crippen molar-refractivity contribution in [1.82, 2.24) is 15.0 Å². The number of methoxy groups -OCH3 is 1. The quantitative estimate of drug-likeness (QED) is 0.831. The molecule has 1 aliphatic heterocycles. The lowest BCUT2D eigenvalue weighted by Gasteiger charge is -2.32. The summed E-state index contributed by atoms with van der Waals surface area (Å²) < 4.78 is 11.5. The number of fused-ring (bicyclic) bond motifs is 2. The van der Waals surface area contributed by atoms with Gasteiger partial charge in [-0.2, -0.15) is 0 Å². The number of hydrogen-bond acceptors (Lipinski definition) is 6. The fourth-order valence-corrected chi connectivity index (χ4v) is 4.78. The number of ether oxygens (including phenoxy) is 2. The van der Waals surface area contributed by atoms with E-state index in [1.165, 1.54) is 30.5 Å². The summed E-state index contributed by atoms with van der Waals surface area (Å²) >= 11 is 0. The van der Waals surface area contributed by atoms with E-state index in [4.69, 9.17) is 19.4 Å². The molecule has 2 aliphatic carbocycles. The van der Waals surface area contributed by atoms with Crippen LogP contribution in [0.15, 0.2) is 18.3 Å². The van der Waals surface area contributed by atoms with Crippen LogP contribution in [0.5, 0.6) is 5.75 Å². The van der Waals surface area contributed by atoms with Crippen molar-refractivity contribution in [2.24, 2.45) is 0 Å². The number of aromatic nitrogens is 3. The molecule has 3 aliphatic rings. The highest BCUT2D eigenvalue weighted by Crippen LogP contribution is 2.37. The van der Waals surface area contributed by atoms with E-state index in [2.05, 4.69) is 9.88 Å². The summed E-state index contributed by atoms with van der Waals surface area (Å²) in [5.74, 6) is 2.62. The number of anilines is 1. The molecule has 2 fully saturated rings. The Morgan fingerprint density at radius 2 is 2.11 bits per heavy atom. The maximum atomic E-state index is 6.13. The Morgan fingerprint density at radius 1 is 1.15 bits per heavy atom. The molecule has 142 valence electrons. The summed E-state index contributed by atoms with van der Waals surface area (Å²) in [5, 5.41) is 0. The molecule has 0 N–H and O–H groups in total. The standard InChI is InChI=1S/C21H26N4O2/c1-26-14-9-10-22-17(13-14)20-23-16-6-2-5-15(16)21(24-20)25-11-4-12-27-19-8-3-7-18(19)25/h9-10,13,18-19H,2-8,11-12H2,1H3. The number of pyridine rings is 1. The molecule has 6 heteroatoms. The SMILES string of the molecule is COc1ccnc(-c2nc3c(c(N4CCCOC5CCCC54)n2)CCC3)c1. The summed E-state index contributed by atoms with van der Waals surface area (Å²) in [6.45, 7) is 1.87. The fraction of sp³-hybridized carbons (Fsp3) is 0.571. The lowest BCUT2D eigenvalue weighted by molar-refractivity contribution is 0.0590. The van der Waals surface area contributed by atoms with Crippen molar-refractivity contribution in [2.75, 3.05) is 25.2 Å². The van der Waals surface area contributed by atoms with Crippen LogP contribution >= 0.6 is 0 Å². The average molecular weight is 366 g/mol. The second-order valence-electron chi connectivity index (χ2n) is 7.68. The molecule has 2 unspecified atom stereocenters. The zero-order valence-corrected chi connectivity index (χ0v) is 15.9. The fourth-order valence-electron chi connectivity index (χ4n) is 4.78. The van der Waals surface area contributed by atoms with E-state index >= 15 is 0 Å². The summed E-state index contributed by atoms with van der Waals surface area (Å²) in [6, 6.07) is 4.22. The van der Waals surface area contributed by atoms with Crippen LogP contribution in [-0.4, -0.2) is 47.4 Å². The van der Waals surface area contributed by atoms with Gasteiger partial charge in [-0.25, -0.2) is 9.97 Å². The molecule has 2 aromatic heterocycles. The van der Waals surface area contributed by atoms with E-state index < -0.39 is 0 Å². The molecular formula is C21H26N4O2. The van der Waals surface area contributed by atoms with Crippen LogP contribution in [0.3, 0.4) is 0 Å². The van der Waals surface area contributed by atoms with Crippen LogP contribution in [0.1, 0.15) is 43.4 Å². The van der Waals surface area contributed by atoms with E-state index in [-0.39, 0.29) is 0 Å². The lowest BCUT2D eigenvalue weighted by Crippen LogP contribution is -2.41. The van der Waals surface area contributed by atoms with Gasteiger partial charge in [0.05, 0.1) is 19.3 Å². The van der Waals surface area contributed by atoms with Gasteiger partial charge in [-0.1, -0.05) is 0 Å². The maximum absolute atomic E-state index is 6.13. The van der Waals surface area contributed by atoms with Crippen LogP contribution in [-0.2, 0) is 17.6 Å². The van der Waals surface area contributed by atoms with Gasteiger partial charge in [-0.3, -0.25) is 4.98 Å². The third-order valence-corrected chi connectivity index (χ3v) is 6.07. The molecule has 6 nitrogen and oxygen atoms in total. The van der Waals surface area contributed by atoms with Gasteiger partial charge < -0.3 is 14.4 Å². The predicted octanol–water partition coefficient (Wildman–Crippen LogP) is 3.18. The van der Waals surface area contributed by atoms with Gasteiger partial charge >= 0.3 is 0 Å². The van der Waals surface area contributed by atoms with Crippen LogP contribution in [0.25, 0.3) is 11.5 Å². The van der Waals surface area contributed by atoms with Crippen molar-refractivity contribution in [3.8, 4) is 17.3 Å². The first-order chi connectivity index (χ1) is 13.3. The topological polar surface area (TPSA) is 60.4 Å². The minimum absolute atomic E-state index is 0.345. The Hall–Kier alpha value is -2.21. The molecule has 0 aromatic carbocycles. The van der Waals surface area contributed by atoms with Crippen LogP contribution in [0.2, 0.25) is 0 Å². The molecule has 0 bridgehead atoms. The normalized spacial score (nSPS) is 24.4. The van der Waals surface area contributed by atoms with Gasteiger partial charge in [-0.05, 0) is 51.0 Å². The Bertz CT molecular complexity index is 841. The molecule has 0 spiro atoms. The van der Waals surface area contributed by atoms with Gasteiger partial charge in [0.2, 0.25) is 0 Å². The van der Waals surface area contributed by atoms with Crippen LogP contribution in [0, 0.1) is 0 Å². The minimum Gasteiger partial charge on any atom is -0.497 e. The highest BCUT2D eigenvalue weighted by molar-refractivity contribution is 5.60. The average Bonchev–Trinajstić information content (AvgIpc) is 3.33. The number of rotatable bonds is 3. The summed E-state index contributed by atoms with van der Waals surface area (Å²) in [4.78, 5) is 17.0. The van der Waals surface area contributed by atoms with E-state index in [1.807, 2.05) is 12.1 Å². The van der Waals surface area contributed by atoms with Crippen molar-refractivity contribution in [2.45, 2.75) is 57.1 Å². The molecule has 3 heterocycles. The molecule has 2 atom stereocenters. The monoisotopic (exact) mass is 366 g/mol. The first-order valence-corrected chi connectivity index (χ1v) is 10.1. The Labute approximate surface area is 159 Å². The number of hydrogen-bond donors (Lipinski definition) is 0. The Kier molecular flexibility index (Phi) is 4.44. The molecule has 1 saturated heterocycles. The molecule has 0 amide bonds. The van der Waals surface area contributed by atoms with Crippen LogP contribution in [0.4, 0.5) is 5.82 Å². The molecule has 1 saturated carbocycles. The highest BCUT2D eigenvalue weighted by atomic mass is 16.5. The highest BCUT2D eigenvalue weighted by Gasteiger charge is 2.37. The number of nitrogens with zero attached hydrogens (tertiary/aromatic N) is 4. The summed E-state index contributed by atoms with van der Waals surface area (Å²) in [6.07, 6.45) is 10.0. The smallest absolute Gasteiger partial charge is 0.180 e. The lowest BCUT2D eigenvalue weighted by atomic mass is 10.1. The predicted molar refractivity (Wildman–Crippen MR) is 103 cm³/mol. The molecular weight excluding hydrogens is 340 g/mol. The van der Waals surface area contributed by atoms with Gasteiger partial charge in [-0.15, -0.1) is 0 Å². The van der Waals surface area contributed by atoms with Crippen molar-refractivity contribution >= 4 is 5.82 Å². The van der Waals surface area contributed by atoms with Gasteiger partial charge in [0.15, 0.2) is 5.82 Å². The van der Waals surface area contributed by atoms with Crippen LogP contribution < -0.4 is 9.64 Å². The van der Waals surface area contributed by atoms with Gasteiger partial charge in [0.1, 0.15) is 17.3 Å². The summed E-state index contributed by atoms with van der Waals surface area (Å²) in [7, 11) is 1.67. The number of aryl methyl sites for hydroxylation is 1. The second-order valence-corrected chi connectivity index (χ2v) is 7.68. The molecule has 2 aromatic rings. The molecule has 27 heavy (non-hydrogen) atoms. The largest absolute Gasteiger partial charge is 0.497 e. The molecule has 0 radical (unpaired) electrons. The van der Waals surface area contributed by atoms with Crippen molar-refractivity contribution in [1.29, 1.82) is 0 Å². The summed E-state index contributed by atoms with van der Waals surface area (Å²) in [5.41, 5.74) is 3.31. The zero-order valence-electron chi connectivity index (χ0n) is 15.9. The minimum atomic E-state index is 0.345. The maximum Gasteiger partial charge on any atom is 0.180 e. The Morgan fingerprint density at radius 3 is 3.04 bits per heavy atom. The van der Waals surface area contributed by atoms with Crippen molar-refractivity contribution in [3.63, 3.8) is 0 Å². The first-order valence-electron chi connectivity index (χ1n) is 10.1. The van der Waals surface area contributed by atoms with Crippen molar-refractivity contribution in [3.05, 3.63) is 29.6 Å². The van der Waals surface area contributed by atoms with Gasteiger partial charge in [0, 0.05) is 36.7 Å². The molecule has 5 rings (SSSR count). The van der Waals surface area contributed by atoms with Gasteiger partial charge in [0.25, 0.3) is 0 Å². The first kappa shape index (κ1) is 16.9. The third-order valence-electron chi connectivity index (χ3n) is 6.07. The van der Waals surface area contributed by atoms with E-state index in [0.29, 0.717) is 18.0 Å². The Balaban J connectivity index is 1.60. The zero-order chi connectivity index (χ0) is 18.2. The van der Waals surface area contributed by atoms with E-state index in [9.17, 15) is 0 Å². The van der Waals surface area contributed by atoms with E-state index in [0.717, 1.165) is 56.1 Å². The van der Waals surface area contributed by atoms with E-state index in [1.54, 1.807) is 13.3 Å². The second kappa shape index (κ2) is 7.08. The van der Waals surface area contributed by atoms with Crippen molar-refractivity contribution < 1.29 is 9.47 Å². The third kappa shape index (κ3) is 3.06.